The Labute approximate surface area is 113 Å². The van der Waals surface area contributed by atoms with Crippen LogP contribution in [0.2, 0.25) is 0 Å². The third-order valence-corrected chi connectivity index (χ3v) is 4.46. The Morgan fingerprint density at radius 1 is 1.26 bits per heavy atom. The van der Waals surface area contributed by atoms with E-state index in [1.165, 1.54) is 0 Å². The minimum Gasteiger partial charge on any atom is -0.481 e. The smallest absolute Gasteiger partial charge is 0.307 e. The Morgan fingerprint density at radius 3 is 2.58 bits per heavy atom. The van der Waals surface area contributed by atoms with Gasteiger partial charge in [0.05, 0.1) is 17.9 Å². The number of amides is 1. The summed E-state index contributed by atoms with van der Waals surface area (Å²) in [6.45, 7) is 3.36. The monoisotopic (exact) mass is 269 g/mol. The van der Waals surface area contributed by atoms with Crippen LogP contribution in [-0.4, -0.2) is 48.2 Å². The molecule has 4 unspecified atom stereocenters. The van der Waals surface area contributed by atoms with Crippen LogP contribution in [0.4, 0.5) is 0 Å². The average molecular weight is 269 g/mol. The number of ether oxygens (including phenoxy) is 1. The first-order chi connectivity index (χ1) is 9.02. The van der Waals surface area contributed by atoms with Gasteiger partial charge >= 0.3 is 5.97 Å². The van der Waals surface area contributed by atoms with E-state index in [0.29, 0.717) is 25.3 Å². The van der Waals surface area contributed by atoms with Gasteiger partial charge in [-0.15, -0.1) is 0 Å². The summed E-state index contributed by atoms with van der Waals surface area (Å²) in [7, 11) is 1.66. The molecule has 0 spiro atoms. The van der Waals surface area contributed by atoms with E-state index < -0.39 is 11.9 Å². The van der Waals surface area contributed by atoms with Gasteiger partial charge in [0.2, 0.25) is 5.91 Å². The molecule has 0 bridgehead atoms. The number of carboxylic acid groups (broad SMARTS) is 1. The van der Waals surface area contributed by atoms with Gasteiger partial charge in [-0.25, -0.2) is 0 Å². The molecule has 1 saturated heterocycles. The van der Waals surface area contributed by atoms with Crippen LogP contribution in [0.5, 0.6) is 0 Å². The zero-order valence-corrected chi connectivity index (χ0v) is 11.7. The molecule has 0 aromatic heterocycles. The number of rotatable bonds is 3. The molecule has 0 aromatic carbocycles. The Kier molecular flexibility index (Phi) is 4.45. The average Bonchev–Trinajstić information content (AvgIpc) is 2.80. The Morgan fingerprint density at radius 2 is 1.95 bits per heavy atom. The predicted octanol–water partition coefficient (Wildman–Crippen LogP) is 1.37. The summed E-state index contributed by atoms with van der Waals surface area (Å²) < 4.78 is 5.32. The summed E-state index contributed by atoms with van der Waals surface area (Å²) in [6, 6.07) is 0. The molecule has 2 rings (SSSR count). The van der Waals surface area contributed by atoms with Gasteiger partial charge in [0.1, 0.15) is 0 Å². The van der Waals surface area contributed by atoms with Crippen LogP contribution < -0.4 is 0 Å². The fraction of sp³-hybridized carbons (Fsp3) is 0.857. The van der Waals surface area contributed by atoms with Crippen LogP contribution >= 0.6 is 0 Å². The standard InChI is InChI=1S/C14H23NO4/c1-9-6-11(12(7-9)14(17)18)13(16)15-5-3-4-10(8-15)19-2/h9-12H,3-8H2,1-2H3,(H,17,18). The Bertz CT molecular complexity index is 357. The number of hydrogen-bond acceptors (Lipinski definition) is 3. The predicted molar refractivity (Wildman–Crippen MR) is 69.6 cm³/mol. The second-order valence-corrected chi connectivity index (χ2v) is 5.91. The van der Waals surface area contributed by atoms with Crippen molar-refractivity contribution in [3.63, 3.8) is 0 Å². The SMILES string of the molecule is COC1CCCN(C(=O)C2CC(C)CC2C(=O)O)C1. The van der Waals surface area contributed by atoms with Crippen LogP contribution in [0.3, 0.4) is 0 Å². The molecule has 4 atom stereocenters. The van der Waals surface area contributed by atoms with E-state index in [-0.39, 0.29) is 17.9 Å². The van der Waals surface area contributed by atoms with Gasteiger partial charge in [0.15, 0.2) is 0 Å². The van der Waals surface area contributed by atoms with Crippen LogP contribution in [0, 0.1) is 17.8 Å². The first-order valence-corrected chi connectivity index (χ1v) is 7.07. The topological polar surface area (TPSA) is 66.8 Å². The fourth-order valence-electron chi connectivity index (χ4n) is 3.40. The van der Waals surface area contributed by atoms with Gasteiger partial charge in [-0.3, -0.25) is 9.59 Å². The first kappa shape index (κ1) is 14.3. The molecule has 1 saturated carbocycles. The van der Waals surface area contributed by atoms with Crippen molar-refractivity contribution in [2.24, 2.45) is 17.8 Å². The zero-order chi connectivity index (χ0) is 14.0. The number of piperidine rings is 1. The highest BCUT2D eigenvalue weighted by atomic mass is 16.5. The van der Waals surface area contributed by atoms with E-state index in [4.69, 9.17) is 4.74 Å². The van der Waals surface area contributed by atoms with Crippen molar-refractivity contribution in [1.82, 2.24) is 4.90 Å². The molecule has 1 aliphatic heterocycles. The quantitative estimate of drug-likeness (QED) is 0.840. The van der Waals surface area contributed by atoms with E-state index in [1.807, 2.05) is 6.92 Å². The normalized spacial score (nSPS) is 35.4. The van der Waals surface area contributed by atoms with Gasteiger partial charge in [0.25, 0.3) is 0 Å². The summed E-state index contributed by atoms with van der Waals surface area (Å²) in [4.78, 5) is 25.6. The Hall–Kier alpha value is -1.10. The highest BCUT2D eigenvalue weighted by Gasteiger charge is 2.43. The number of methoxy groups -OCH3 is 1. The van der Waals surface area contributed by atoms with E-state index in [2.05, 4.69) is 0 Å². The van der Waals surface area contributed by atoms with Crippen molar-refractivity contribution < 1.29 is 19.4 Å². The minimum atomic E-state index is -0.831. The van der Waals surface area contributed by atoms with Gasteiger partial charge in [-0.05, 0) is 31.6 Å². The molecule has 5 heteroatoms. The maximum absolute atomic E-state index is 12.5. The van der Waals surface area contributed by atoms with E-state index >= 15 is 0 Å². The summed E-state index contributed by atoms with van der Waals surface area (Å²) in [5, 5.41) is 9.25. The number of likely N-dealkylation sites (tertiary alicyclic amines) is 1. The molecule has 2 fully saturated rings. The van der Waals surface area contributed by atoms with Gasteiger partial charge in [0, 0.05) is 20.2 Å². The number of carbonyl (C=O) groups excluding carboxylic acids is 1. The molecular formula is C14H23NO4. The summed E-state index contributed by atoms with van der Waals surface area (Å²) >= 11 is 0. The van der Waals surface area contributed by atoms with Crippen LogP contribution in [0.15, 0.2) is 0 Å². The molecular weight excluding hydrogens is 246 g/mol. The molecule has 1 amide bonds. The van der Waals surface area contributed by atoms with Crippen molar-refractivity contribution in [2.75, 3.05) is 20.2 Å². The summed E-state index contributed by atoms with van der Waals surface area (Å²) in [5.41, 5.74) is 0. The van der Waals surface area contributed by atoms with Crippen molar-refractivity contribution in [2.45, 2.75) is 38.7 Å². The van der Waals surface area contributed by atoms with Crippen molar-refractivity contribution in [3.05, 3.63) is 0 Å². The first-order valence-electron chi connectivity index (χ1n) is 7.07. The van der Waals surface area contributed by atoms with E-state index in [0.717, 1.165) is 19.4 Å². The molecule has 1 aliphatic carbocycles. The lowest BCUT2D eigenvalue weighted by molar-refractivity contribution is -0.150. The highest BCUT2D eigenvalue weighted by molar-refractivity contribution is 5.85. The number of carboxylic acids is 1. The van der Waals surface area contributed by atoms with Crippen molar-refractivity contribution >= 4 is 11.9 Å². The molecule has 0 radical (unpaired) electrons. The maximum atomic E-state index is 12.5. The largest absolute Gasteiger partial charge is 0.481 e. The zero-order valence-electron chi connectivity index (χ0n) is 11.7. The van der Waals surface area contributed by atoms with Gasteiger partial charge in [-0.2, -0.15) is 0 Å². The lowest BCUT2D eigenvalue weighted by Crippen LogP contribution is -2.46. The number of nitrogens with zero attached hydrogens (tertiary/aromatic N) is 1. The summed E-state index contributed by atoms with van der Waals surface area (Å²) in [6.07, 6.45) is 3.32. The van der Waals surface area contributed by atoms with Crippen molar-refractivity contribution in [3.8, 4) is 0 Å². The fourth-order valence-corrected chi connectivity index (χ4v) is 3.40. The lowest BCUT2D eigenvalue weighted by atomic mass is 9.93. The second-order valence-electron chi connectivity index (χ2n) is 5.91. The molecule has 108 valence electrons. The third-order valence-electron chi connectivity index (χ3n) is 4.46. The van der Waals surface area contributed by atoms with E-state index in [9.17, 15) is 14.7 Å². The van der Waals surface area contributed by atoms with Crippen LogP contribution in [-0.2, 0) is 14.3 Å². The van der Waals surface area contributed by atoms with Gasteiger partial charge in [-0.1, -0.05) is 6.92 Å². The lowest BCUT2D eigenvalue weighted by Gasteiger charge is -2.34. The summed E-state index contributed by atoms with van der Waals surface area (Å²) in [5.74, 6) is -1.35. The van der Waals surface area contributed by atoms with E-state index in [1.54, 1.807) is 12.0 Å². The van der Waals surface area contributed by atoms with Crippen molar-refractivity contribution in [1.29, 1.82) is 0 Å². The second kappa shape index (κ2) is 5.90. The molecule has 19 heavy (non-hydrogen) atoms. The highest BCUT2D eigenvalue weighted by Crippen LogP contribution is 2.38. The minimum absolute atomic E-state index is 0.0125. The third kappa shape index (κ3) is 3.08. The molecule has 5 nitrogen and oxygen atoms in total. The molecule has 1 N–H and O–H groups in total. The molecule has 2 aliphatic rings. The molecule has 0 aromatic rings. The molecule has 1 heterocycles. The number of aliphatic carboxylic acids is 1. The number of hydrogen-bond donors (Lipinski definition) is 1. The van der Waals surface area contributed by atoms with Crippen LogP contribution in [0.25, 0.3) is 0 Å². The maximum Gasteiger partial charge on any atom is 0.307 e. The van der Waals surface area contributed by atoms with Crippen LogP contribution in [0.1, 0.15) is 32.6 Å². The number of carbonyl (C=O) groups is 2. The van der Waals surface area contributed by atoms with Gasteiger partial charge < -0.3 is 14.7 Å². The Balaban J connectivity index is 2.03.